The van der Waals surface area contributed by atoms with Crippen LogP contribution < -0.4 is 5.32 Å². The lowest BCUT2D eigenvalue weighted by Gasteiger charge is -2.28. The molecule has 19 heavy (non-hydrogen) atoms. The second kappa shape index (κ2) is 6.52. The van der Waals surface area contributed by atoms with Gasteiger partial charge in [-0.3, -0.25) is 4.79 Å². The van der Waals surface area contributed by atoms with Crippen molar-refractivity contribution >= 4 is 52.0 Å². The van der Waals surface area contributed by atoms with Crippen molar-refractivity contribution in [3.05, 3.63) is 28.2 Å². The van der Waals surface area contributed by atoms with E-state index in [1.807, 2.05) is 4.90 Å². The predicted octanol–water partition coefficient (Wildman–Crippen LogP) is 2.59. The van der Waals surface area contributed by atoms with E-state index in [0.29, 0.717) is 42.0 Å². The van der Waals surface area contributed by atoms with Gasteiger partial charge in [0.1, 0.15) is 0 Å². The molecule has 0 saturated carbocycles. The molecule has 0 radical (unpaired) electrons. The van der Waals surface area contributed by atoms with E-state index in [-0.39, 0.29) is 10.9 Å². The van der Waals surface area contributed by atoms with Crippen LogP contribution >= 0.6 is 35.4 Å². The lowest BCUT2D eigenvalue weighted by molar-refractivity contribution is -0.111. The fraction of sp³-hybridized carbons (Fsp3) is 0.333. The second-order valence-corrected chi connectivity index (χ2v) is 5.13. The molecular weight excluding hydrogens is 307 g/mol. The van der Waals surface area contributed by atoms with Crippen molar-refractivity contribution in [1.29, 1.82) is 0 Å². The number of hydrogen-bond acceptors (Lipinski definition) is 3. The minimum atomic E-state index is -0.360. The third-order valence-corrected chi connectivity index (χ3v) is 3.95. The fourth-order valence-corrected chi connectivity index (χ4v) is 2.27. The summed E-state index contributed by atoms with van der Waals surface area (Å²) in [5.74, 6) is -0.360. The molecule has 4 nitrogen and oxygen atoms in total. The van der Waals surface area contributed by atoms with Crippen LogP contribution in [0.5, 0.6) is 0 Å². The molecule has 1 aromatic rings. The molecule has 1 aliphatic rings. The molecule has 1 fully saturated rings. The van der Waals surface area contributed by atoms with E-state index >= 15 is 0 Å². The molecule has 7 heteroatoms. The number of amides is 1. The zero-order valence-corrected chi connectivity index (χ0v) is 12.3. The Morgan fingerprint density at radius 3 is 2.68 bits per heavy atom. The van der Waals surface area contributed by atoms with E-state index in [4.69, 9.17) is 40.2 Å². The maximum Gasteiger partial charge on any atom is 0.283 e. The summed E-state index contributed by atoms with van der Waals surface area (Å²) < 4.78 is 5.21. The lowest BCUT2D eigenvalue weighted by atomic mass is 10.3. The van der Waals surface area contributed by atoms with E-state index in [9.17, 15) is 4.79 Å². The first-order valence-corrected chi connectivity index (χ1v) is 6.88. The number of carbonyl (C=O) groups is 1. The SMILES string of the molecule is O=C(Nc1cccc(Cl)c1Cl)C(=S)N1CCOCC1. The van der Waals surface area contributed by atoms with Gasteiger partial charge in [-0.05, 0) is 12.1 Å². The number of morpholine rings is 1. The molecule has 0 atom stereocenters. The Bertz CT molecular complexity index is 505. The van der Waals surface area contributed by atoms with Gasteiger partial charge >= 0.3 is 0 Å². The van der Waals surface area contributed by atoms with E-state index in [0.717, 1.165) is 0 Å². The Labute approximate surface area is 126 Å². The first kappa shape index (κ1) is 14.5. The average Bonchev–Trinajstić information content (AvgIpc) is 2.44. The number of anilines is 1. The predicted molar refractivity (Wildman–Crippen MR) is 80.1 cm³/mol. The molecule has 0 spiro atoms. The summed E-state index contributed by atoms with van der Waals surface area (Å²) in [7, 11) is 0. The van der Waals surface area contributed by atoms with Gasteiger partial charge in [0.05, 0.1) is 28.9 Å². The highest BCUT2D eigenvalue weighted by Crippen LogP contribution is 2.29. The normalized spacial score (nSPS) is 15.2. The molecule has 1 heterocycles. The van der Waals surface area contributed by atoms with Gasteiger partial charge < -0.3 is 15.0 Å². The number of nitrogens with one attached hydrogen (secondary N) is 1. The van der Waals surface area contributed by atoms with E-state index in [1.54, 1.807) is 18.2 Å². The first-order valence-electron chi connectivity index (χ1n) is 5.71. The van der Waals surface area contributed by atoms with Gasteiger partial charge in [0, 0.05) is 13.1 Å². The Balaban J connectivity index is 2.04. The van der Waals surface area contributed by atoms with Crippen LogP contribution in [0, 0.1) is 0 Å². The molecular formula is C12H12Cl2N2O2S. The van der Waals surface area contributed by atoms with Crippen LogP contribution in [0.2, 0.25) is 10.0 Å². The van der Waals surface area contributed by atoms with Gasteiger partial charge in [-0.25, -0.2) is 0 Å². The summed E-state index contributed by atoms with van der Waals surface area (Å²) in [6.45, 7) is 2.39. The maximum atomic E-state index is 12.0. The quantitative estimate of drug-likeness (QED) is 0.808. The van der Waals surface area contributed by atoms with Crippen LogP contribution in [0.1, 0.15) is 0 Å². The Hall–Kier alpha value is -0.880. The van der Waals surface area contributed by atoms with Crippen LogP contribution in [0.3, 0.4) is 0 Å². The smallest absolute Gasteiger partial charge is 0.283 e. The highest BCUT2D eigenvalue weighted by molar-refractivity contribution is 7.82. The van der Waals surface area contributed by atoms with E-state index in [1.165, 1.54) is 0 Å². The standard InChI is InChI=1S/C12H12Cl2N2O2S/c13-8-2-1-3-9(10(8)14)15-11(17)12(19)16-4-6-18-7-5-16/h1-3H,4-7H2,(H,15,17). The van der Waals surface area contributed by atoms with Gasteiger partial charge in [-0.2, -0.15) is 0 Å². The molecule has 1 saturated heterocycles. The monoisotopic (exact) mass is 318 g/mol. The highest BCUT2D eigenvalue weighted by atomic mass is 35.5. The Morgan fingerprint density at radius 1 is 1.32 bits per heavy atom. The second-order valence-electron chi connectivity index (χ2n) is 3.96. The van der Waals surface area contributed by atoms with Crippen LogP contribution in [0.4, 0.5) is 5.69 Å². The summed E-state index contributed by atoms with van der Waals surface area (Å²) in [6.07, 6.45) is 0. The van der Waals surface area contributed by atoms with Crippen LogP contribution in [-0.2, 0) is 9.53 Å². The molecule has 2 rings (SSSR count). The summed E-state index contributed by atoms with van der Waals surface area (Å²) in [4.78, 5) is 14.1. The molecule has 102 valence electrons. The third kappa shape index (κ3) is 3.57. The number of halogens is 2. The zero-order valence-electron chi connectivity index (χ0n) is 9.99. The topological polar surface area (TPSA) is 41.6 Å². The van der Waals surface area contributed by atoms with E-state index in [2.05, 4.69) is 5.32 Å². The van der Waals surface area contributed by atoms with Crippen molar-refractivity contribution in [3.63, 3.8) is 0 Å². The van der Waals surface area contributed by atoms with Crippen LogP contribution in [-0.4, -0.2) is 42.1 Å². The molecule has 0 aromatic heterocycles. The molecule has 0 unspecified atom stereocenters. The van der Waals surface area contributed by atoms with Gasteiger partial charge in [-0.15, -0.1) is 0 Å². The number of thiocarbonyl (C=S) groups is 1. The highest BCUT2D eigenvalue weighted by Gasteiger charge is 2.20. The van der Waals surface area contributed by atoms with Crippen molar-refractivity contribution in [2.24, 2.45) is 0 Å². The molecule has 1 N–H and O–H groups in total. The average molecular weight is 319 g/mol. The van der Waals surface area contributed by atoms with Crippen molar-refractivity contribution < 1.29 is 9.53 Å². The summed E-state index contributed by atoms with van der Waals surface area (Å²) in [5.41, 5.74) is 0.453. The minimum Gasteiger partial charge on any atom is -0.378 e. The lowest BCUT2D eigenvalue weighted by Crippen LogP contribution is -2.44. The summed E-state index contributed by atoms with van der Waals surface area (Å²) >= 11 is 17.0. The number of benzene rings is 1. The molecule has 1 aliphatic heterocycles. The number of carbonyl (C=O) groups excluding carboxylic acids is 1. The van der Waals surface area contributed by atoms with Crippen molar-refractivity contribution in [1.82, 2.24) is 4.90 Å². The van der Waals surface area contributed by atoms with Gasteiger partial charge in [-0.1, -0.05) is 41.5 Å². The van der Waals surface area contributed by atoms with E-state index < -0.39 is 0 Å². The number of nitrogens with zero attached hydrogens (tertiary/aromatic N) is 1. The first-order chi connectivity index (χ1) is 9.09. The molecule has 1 aromatic carbocycles. The van der Waals surface area contributed by atoms with Gasteiger partial charge in [0.15, 0.2) is 4.99 Å². The van der Waals surface area contributed by atoms with Gasteiger partial charge in [0.25, 0.3) is 5.91 Å². The molecule has 0 aliphatic carbocycles. The summed E-state index contributed by atoms with van der Waals surface area (Å²) in [6, 6.07) is 5.04. The van der Waals surface area contributed by atoms with Crippen LogP contribution in [0.15, 0.2) is 18.2 Å². The minimum absolute atomic E-state index is 0.236. The van der Waals surface area contributed by atoms with Gasteiger partial charge in [0.2, 0.25) is 0 Å². The fourth-order valence-electron chi connectivity index (χ4n) is 1.69. The van der Waals surface area contributed by atoms with Crippen LogP contribution in [0.25, 0.3) is 0 Å². The third-order valence-electron chi connectivity index (χ3n) is 2.69. The van der Waals surface area contributed by atoms with Crippen molar-refractivity contribution in [2.75, 3.05) is 31.6 Å². The molecule has 0 bridgehead atoms. The number of hydrogen-bond donors (Lipinski definition) is 1. The zero-order chi connectivity index (χ0) is 13.8. The number of ether oxygens (including phenoxy) is 1. The Kier molecular flexibility index (Phi) is 4.99. The summed E-state index contributed by atoms with van der Waals surface area (Å²) in [5, 5.41) is 3.36. The van der Waals surface area contributed by atoms with Crippen molar-refractivity contribution in [3.8, 4) is 0 Å². The number of rotatable bonds is 1. The molecule has 1 amide bonds. The largest absolute Gasteiger partial charge is 0.378 e. The van der Waals surface area contributed by atoms with Crippen molar-refractivity contribution in [2.45, 2.75) is 0 Å². The Morgan fingerprint density at radius 2 is 2.00 bits per heavy atom. The maximum absolute atomic E-state index is 12.0.